The van der Waals surface area contributed by atoms with Gasteiger partial charge in [0.25, 0.3) is 0 Å². The SMILES string of the molecule is CCc1cccc(C)c1NC(=O)CN1C(=O)C(=O)N([C@H](C)[C@H]2C[C@H]3CC[C@H]2C3)C1=O. The van der Waals surface area contributed by atoms with Crippen LogP contribution < -0.4 is 5.32 Å². The summed E-state index contributed by atoms with van der Waals surface area (Å²) < 4.78 is 0. The van der Waals surface area contributed by atoms with Gasteiger partial charge in [0, 0.05) is 11.7 Å². The number of nitrogens with zero attached hydrogens (tertiary/aromatic N) is 2. The Morgan fingerprint density at radius 1 is 1.17 bits per heavy atom. The number of carbonyl (C=O) groups excluding carboxylic acids is 4. The van der Waals surface area contributed by atoms with Gasteiger partial charge in [0.2, 0.25) is 5.91 Å². The molecular weight excluding hydrogens is 382 g/mol. The lowest BCUT2D eigenvalue weighted by Gasteiger charge is -2.32. The van der Waals surface area contributed by atoms with Crippen molar-refractivity contribution in [1.29, 1.82) is 0 Å². The quantitative estimate of drug-likeness (QED) is 0.576. The van der Waals surface area contributed by atoms with E-state index in [-0.39, 0.29) is 12.0 Å². The molecule has 3 fully saturated rings. The summed E-state index contributed by atoms with van der Waals surface area (Å²) in [5, 5.41) is 2.82. The van der Waals surface area contributed by atoms with Gasteiger partial charge in [0.15, 0.2) is 0 Å². The minimum Gasteiger partial charge on any atom is -0.324 e. The van der Waals surface area contributed by atoms with E-state index in [4.69, 9.17) is 0 Å². The van der Waals surface area contributed by atoms with E-state index in [9.17, 15) is 19.2 Å². The number of para-hydroxylation sites is 1. The summed E-state index contributed by atoms with van der Waals surface area (Å²) in [4.78, 5) is 52.6. The fourth-order valence-corrected chi connectivity index (χ4v) is 5.62. The molecule has 1 aromatic rings. The first-order valence-electron chi connectivity index (χ1n) is 10.9. The van der Waals surface area contributed by atoms with Crippen LogP contribution >= 0.6 is 0 Å². The number of benzene rings is 1. The number of hydrogen-bond acceptors (Lipinski definition) is 4. The Labute approximate surface area is 176 Å². The predicted molar refractivity (Wildman–Crippen MR) is 112 cm³/mol. The highest BCUT2D eigenvalue weighted by Crippen LogP contribution is 2.50. The zero-order valence-corrected chi connectivity index (χ0v) is 17.8. The van der Waals surface area contributed by atoms with Gasteiger partial charge < -0.3 is 5.32 Å². The van der Waals surface area contributed by atoms with Crippen LogP contribution in [-0.2, 0) is 20.8 Å². The molecule has 4 atom stereocenters. The molecule has 0 unspecified atom stereocenters. The van der Waals surface area contributed by atoms with E-state index in [1.54, 1.807) is 0 Å². The standard InChI is InChI=1S/C23H29N3O4/c1-4-16-7-5-6-13(2)20(16)24-19(27)12-25-21(28)22(29)26(23(25)30)14(3)18-11-15-8-9-17(18)10-15/h5-7,14-15,17-18H,4,8-12H2,1-3H3,(H,24,27)/t14-,15+,17+,18-/m1/s1. The fourth-order valence-electron chi connectivity index (χ4n) is 5.62. The minimum absolute atomic E-state index is 0.248. The van der Waals surface area contributed by atoms with E-state index >= 15 is 0 Å². The van der Waals surface area contributed by atoms with Crippen molar-refractivity contribution in [3.63, 3.8) is 0 Å². The molecule has 1 heterocycles. The number of fused-ring (bicyclic) bond motifs is 2. The highest BCUT2D eigenvalue weighted by atomic mass is 16.2. The van der Waals surface area contributed by atoms with Crippen LogP contribution in [0.5, 0.6) is 0 Å². The second-order valence-corrected chi connectivity index (χ2v) is 8.94. The van der Waals surface area contributed by atoms with Crippen LogP contribution in [0.15, 0.2) is 18.2 Å². The number of urea groups is 1. The first kappa shape index (κ1) is 20.6. The van der Waals surface area contributed by atoms with Crippen LogP contribution in [0.3, 0.4) is 0 Å². The predicted octanol–water partition coefficient (Wildman–Crippen LogP) is 3.11. The zero-order valence-electron chi connectivity index (χ0n) is 17.8. The maximum atomic E-state index is 12.9. The van der Waals surface area contributed by atoms with Gasteiger partial charge in [-0.2, -0.15) is 0 Å². The van der Waals surface area contributed by atoms with Crippen molar-refractivity contribution in [3.8, 4) is 0 Å². The second kappa shape index (κ2) is 7.85. The molecule has 0 radical (unpaired) electrons. The molecule has 30 heavy (non-hydrogen) atoms. The Morgan fingerprint density at radius 2 is 1.93 bits per heavy atom. The van der Waals surface area contributed by atoms with E-state index < -0.39 is 30.3 Å². The summed E-state index contributed by atoms with van der Waals surface area (Å²) in [6.45, 7) is 5.29. The van der Waals surface area contributed by atoms with Gasteiger partial charge in [-0.05, 0) is 68.4 Å². The topological polar surface area (TPSA) is 86.8 Å². The largest absolute Gasteiger partial charge is 0.334 e. The number of anilines is 1. The molecular formula is C23H29N3O4. The van der Waals surface area contributed by atoms with E-state index in [1.807, 2.05) is 39.0 Å². The van der Waals surface area contributed by atoms with Crippen molar-refractivity contribution < 1.29 is 19.2 Å². The normalized spacial score (nSPS) is 26.6. The molecule has 0 spiro atoms. The maximum Gasteiger partial charge on any atom is 0.334 e. The molecule has 4 rings (SSSR count). The Morgan fingerprint density at radius 3 is 2.57 bits per heavy atom. The lowest BCUT2D eigenvalue weighted by molar-refractivity contribution is -0.144. The molecule has 7 heteroatoms. The van der Waals surface area contributed by atoms with Gasteiger partial charge in [-0.3, -0.25) is 19.3 Å². The van der Waals surface area contributed by atoms with E-state index in [1.165, 1.54) is 6.42 Å². The summed E-state index contributed by atoms with van der Waals surface area (Å²) in [5.74, 6) is -0.764. The zero-order chi connectivity index (χ0) is 21.6. The van der Waals surface area contributed by atoms with Crippen LogP contribution in [0.4, 0.5) is 10.5 Å². The van der Waals surface area contributed by atoms with Gasteiger partial charge in [-0.25, -0.2) is 9.69 Å². The third-order valence-corrected chi connectivity index (χ3v) is 7.21. The van der Waals surface area contributed by atoms with Crippen molar-refractivity contribution in [3.05, 3.63) is 29.3 Å². The summed E-state index contributed by atoms with van der Waals surface area (Å²) >= 11 is 0. The van der Waals surface area contributed by atoms with Gasteiger partial charge in [-0.15, -0.1) is 0 Å². The van der Waals surface area contributed by atoms with Crippen molar-refractivity contribution >= 4 is 29.4 Å². The van der Waals surface area contributed by atoms with Crippen LogP contribution in [0.25, 0.3) is 0 Å². The third kappa shape index (κ3) is 3.40. The molecule has 2 saturated carbocycles. The van der Waals surface area contributed by atoms with Crippen molar-refractivity contribution in [2.24, 2.45) is 17.8 Å². The van der Waals surface area contributed by atoms with Crippen molar-refractivity contribution in [1.82, 2.24) is 9.80 Å². The molecule has 2 bridgehead atoms. The lowest BCUT2D eigenvalue weighted by Crippen LogP contribution is -2.45. The number of carbonyl (C=O) groups is 4. The van der Waals surface area contributed by atoms with E-state index in [0.29, 0.717) is 17.5 Å². The molecule has 1 N–H and O–H groups in total. The molecule has 3 aliphatic rings. The molecule has 1 aromatic carbocycles. The average Bonchev–Trinajstić information content (AvgIpc) is 3.40. The maximum absolute atomic E-state index is 12.9. The molecule has 1 saturated heterocycles. The van der Waals surface area contributed by atoms with E-state index in [0.717, 1.165) is 46.6 Å². The lowest BCUT2D eigenvalue weighted by atomic mass is 9.83. The van der Waals surface area contributed by atoms with Crippen LogP contribution in [0.1, 0.15) is 50.7 Å². The van der Waals surface area contributed by atoms with Gasteiger partial charge in [0.1, 0.15) is 6.54 Å². The van der Waals surface area contributed by atoms with Crippen LogP contribution in [0.2, 0.25) is 0 Å². The summed E-state index contributed by atoms with van der Waals surface area (Å²) in [5.41, 5.74) is 2.58. The van der Waals surface area contributed by atoms with Crippen LogP contribution in [-0.4, -0.2) is 46.1 Å². The fraction of sp³-hybridized carbons (Fsp3) is 0.565. The number of rotatable bonds is 6. The minimum atomic E-state index is -0.911. The van der Waals surface area contributed by atoms with Crippen molar-refractivity contribution in [2.45, 2.75) is 58.9 Å². The number of aryl methyl sites for hydroxylation is 2. The van der Waals surface area contributed by atoms with Crippen molar-refractivity contribution in [2.75, 3.05) is 11.9 Å². The Balaban J connectivity index is 1.46. The number of imide groups is 2. The Hall–Kier alpha value is -2.70. The monoisotopic (exact) mass is 411 g/mol. The molecule has 7 nitrogen and oxygen atoms in total. The van der Waals surface area contributed by atoms with Crippen LogP contribution in [0, 0.1) is 24.7 Å². The molecule has 2 aliphatic carbocycles. The van der Waals surface area contributed by atoms with E-state index in [2.05, 4.69) is 5.32 Å². The average molecular weight is 412 g/mol. The van der Waals surface area contributed by atoms with Gasteiger partial charge in [0.05, 0.1) is 0 Å². The first-order valence-corrected chi connectivity index (χ1v) is 10.9. The highest BCUT2D eigenvalue weighted by Gasteiger charge is 2.52. The van der Waals surface area contributed by atoms with Gasteiger partial charge >= 0.3 is 17.8 Å². The van der Waals surface area contributed by atoms with Gasteiger partial charge in [-0.1, -0.05) is 31.5 Å². The molecule has 5 amide bonds. The Kier molecular flexibility index (Phi) is 5.38. The molecule has 0 aromatic heterocycles. The second-order valence-electron chi connectivity index (χ2n) is 8.94. The molecule has 1 aliphatic heterocycles. The summed E-state index contributed by atoms with van der Waals surface area (Å²) in [7, 11) is 0. The smallest absolute Gasteiger partial charge is 0.324 e. The summed E-state index contributed by atoms with van der Waals surface area (Å²) in [6.07, 6.45) is 5.25. The summed E-state index contributed by atoms with van der Waals surface area (Å²) in [6, 6.07) is 4.75. The number of nitrogens with one attached hydrogen (secondary N) is 1. The Bertz CT molecular complexity index is 912. The number of amides is 5. The number of hydrogen-bond donors (Lipinski definition) is 1. The highest BCUT2D eigenvalue weighted by molar-refractivity contribution is 6.45. The first-order chi connectivity index (χ1) is 14.3. The third-order valence-electron chi connectivity index (χ3n) is 7.21. The molecule has 160 valence electrons.